The molecule has 2 rings (SSSR count). The van der Waals surface area contributed by atoms with Crippen molar-refractivity contribution in [3.63, 3.8) is 0 Å². The van der Waals surface area contributed by atoms with Gasteiger partial charge in [0.25, 0.3) is 5.91 Å². The molecule has 1 aromatic rings. The normalized spacial score (nSPS) is 23.1. The van der Waals surface area contributed by atoms with Crippen molar-refractivity contribution in [1.82, 2.24) is 5.32 Å². The highest BCUT2D eigenvalue weighted by molar-refractivity contribution is 9.09. The summed E-state index contributed by atoms with van der Waals surface area (Å²) in [7, 11) is 0. The number of carbonyl (C=O) groups is 1. The lowest BCUT2D eigenvalue weighted by Crippen LogP contribution is -2.34. The van der Waals surface area contributed by atoms with Gasteiger partial charge in [0.15, 0.2) is 0 Å². The van der Waals surface area contributed by atoms with E-state index in [0.29, 0.717) is 22.3 Å². The average Bonchev–Trinajstić information content (AvgIpc) is 2.40. The van der Waals surface area contributed by atoms with Gasteiger partial charge in [-0.1, -0.05) is 40.4 Å². The van der Waals surface area contributed by atoms with Crippen LogP contribution in [-0.4, -0.2) is 17.3 Å². The Hall–Kier alpha value is -0.610. The van der Waals surface area contributed by atoms with Gasteiger partial charge in [0.1, 0.15) is 5.82 Å². The van der Waals surface area contributed by atoms with Crippen LogP contribution in [0.15, 0.2) is 18.2 Å². The summed E-state index contributed by atoms with van der Waals surface area (Å²) in [6, 6.07) is 4.01. The lowest BCUT2D eigenvalue weighted by Gasteiger charge is -2.27. The molecule has 0 aliphatic heterocycles. The second-order valence-electron chi connectivity index (χ2n) is 4.89. The van der Waals surface area contributed by atoms with Gasteiger partial charge >= 0.3 is 0 Å². The largest absolute Gasteiger partial charge is 0.352 e. The van der Waals surface area contributed by atoms with Gasteiger partial charge in [0, 0.05) is 16.4 Å². The molecular weight excluding hydrogens is 333 g/mol. The quantitative estimate of drug-likeness (QED) is 0.816. The summed E-state index contributed by atoms with van der Waals surface area (Å²) < 4.78 is 13.5. The van der Waals surface area contributed by atoms with Crippen LogP contribution in [0.3, 0.4) is 0 Å². The Kier molecular flexibility index (Phi) is 5.22. The zero-order valence-electron chi connectivity index (χ0n) is 10.5. The molecule has 19 heavy (non-hydrogen) atoms. The van der Waals surface area contributed by atoms with Crippen molar-refractivity contribution in [3.8, 4) is 0 Å². The number of rotatable bonds is 3. The number of halogens is 3. The molecule has 0 saturated heterocycles. The third-order valence-corrected chi connectivity index (χ3v) is 4.95. The van der Waals surface area contributed by atoms with Gasteiger partial charge in [-0.2, -0.15) is 0 Å². The Labute approximate surface area is 125 Å². The standard InChI is InChI=1S/C14H16BrClFNO/c15-12-4-2-1-3-9(12)8-18-14(19)11-7-10(16)5-6-13(11)17/h5-7,9,12H,1-4,8H2,(H,18,19). The first-order valence-electron chi connectivity index (χ1n) is 6.45. The first kappa shape index (κ1) is 14.8. The van der Waals surface area contributed by atoms with Crippen LogP contribution >= 0.6 is 27.5 Å². The minimum Gasteiger partial charge on any atom is -0.352 e. The molecule has 2 atom stereocenters. The third kappa shape index (κ3) is 3.93. The van der Waals surface area contributed by atoms with Crippen LogP contribution in [0.5, 0.6) is 0 Å². The van der Waals surface area contributed by atoms with Crippen LogP contribution in [0, 0.1) is 11.7 Å². The van der Waals surface area contributed by atoms with Crippen molar-refractivity contribution in [2.45, 2.75) is 30.5 Å². The summed E-state index contributed by atoms with van der Waals surface area (Å²) in [5, 5.41) is 3.16. The van der Waals surface area contributed by atoms with Gasteiger partial charge in [-0.15, -0.1) is 0 Å². The number of alkyl halides is 1. The highest BCUT2D eigenvalue weighted by Crippen LogP contribution is 2.29. The number of amides is 1. The number of hydrogen-bond acceptors (Lipinski definition) is 1. The van der Waals surface area contributed by atoms with E-state index >= 15 is 0 Å². The summed E-state index contributed by atoms with van der Waals surface area (Å²) in [5.41, 5.74) is 0.00873. The highest BCUT2D eigenvalue weighted by atomic mass is 79.9. The summed E-state index contributed by atoms with van der Waals surface area (Å²) in [6.07, 6.45) is 4.64. The second-order valence-corrected chi connectivity index (χ2v) is 6.51. The molecule has 0 spiro atoms. The average molecular weight is 349 g/mol. The minimum absolute atomic E-state index is 0.00873. The van der Waals surface area contributed by atoms with Crippen LogP contribution in [0.25, 0.3) is 0 Å². The van der Waals surface area contributed by atoms with Crippen molar-refractivity contribution in [2.24, 2.45) is 5.92 Å². The Balaban J connectivity index is 1.95. The molecule has 104 valence electrons. The first-order chi connectivity index (χ1) is 9.08. The van der Waals surface area contributed by atoms with Crippen LogP contribution < -0.4 is 5.32 Å². The smallest absolute Gasteiger partial charge is 0.254 e. The van der Waals surface area contributed by atoms with E-state index in [1.807, 2.05) is 0 Å². The Morgan fingerprint density at radius 2 is 2.16 bits per heavy atom. The van der Waals surface area contributed by atoms with Gasteiger partial charge < -0.3 is 5.32 Å². The van der Waals surface area contributed by atoms with E-state index in [9.17, 15) is 9.18 Å². The monoisotopic (exact) mass is 347 g/mol. The van der Waals surface area contributed by atoms with Crippen molar-refractivity contribution in [2.75, 3.05) is 6.54 Å². The SMILES string of the molecule is O=C(NCC1CCCCC1Br)c1cc(Cl)ccc1F. The molecule has 0 heterocycles. The van der Waals surface area contributed by atoms with Gasteiger partial charge in [0.05, 0.1) is 5.56 Å². The van der Waals surface area contributed by atoms with Crippen molar-refractivity contribution in [3.05, 3.63) is 34.6 Å². The summed E-state index contributed by atoms with van der Waals surface area (Å²) in [6.45, 7) is 0.570. The maximum absolute atomic E-state index is 13.5. The molecule has 1 aromatic carbocycles. The fourth-order valence-electron chi connectivity index (χ4n) is 2.38. The molecule has 1 aliphatic carbocycles. The maximum Gasteiger partial charge on any atom is 0.254 e. The topological polar surface area (TPSA) is 29.1 Å². The predicted molar refractivity (Wildman–Crippen MR) is 78.4 cm³/mol. The molecule has 5 heteroatoms. The zero-order valence-corrected chi connectivity index (χ0v) is 12.8. The Morgan fingerprint density at radius 1 is 1.42 bits per heavy atom. The fourth-order valence-corrected chi connectivity index (χ4v) is 3.33. The van der Waals surface area contributed by atoms with Crippen LogP contribution in [-0.2, 0) is 0 Å². The summed E-state index contributed by atoms with van der Waals surface area (Å²) >= 11 is 9.42. The third-order valence-electron chi connectivity index (χ3n) is 3.51. The van der Waals surface area contributed by atoms with E-state index in [2.05, 4.69) is 21.2 Å². The van der Waals surface area contributed by atoms with E-state index in [1.165, 1.54) is 31.0 Å². The second kappa shape index (κ2) is 6.71. The molecule has 0 radical (unpaired) electrons. The number of hydrogen-bond donors (Lipinski definition) is 1. The van der Waals surface area contributed by atoms with Crippen molar-refractivity contribution in [1.29, 1.82) is 0 Å². The molecule has 0 aromatic heterocycles. The van der Waals surface area contributed by atoms with Gasteiger partial charge in [-0.05, 0) is 37.0 Å². The van der Waals surface area contributed by atoms with Crippen molar-refractivity contribution >= 4 is 33.4 Å². The lowest BCUT2D eigenvalue weighted by atomic mass is 9.89. The summed E-state index contributed by atoms with van der Waals surface area (Å²) in [5.74, 6) is -0.522. The maximum atomic E-state index is 13.5. The minimum atomic E-state index is -0.541. The molecule has 2 unspecified atom stereocenters. The number of benzene rings is 1. The molecule has 0 bridgehead atoms. The molecule has 1 N–H and O–H groups in total. The molecule has 1 amide bonds. The molecular formula is C14H16BrClFNO. The fraction of sp³-hybridized carbons (Fsp3) is 0.500. The van der Waals surface area contributed by atoms with Gasteiger partial charge in [-0.3, -0.25) is 4.79 Å². The van der Waals surface area contributed by atoms with Gasteiger partial charge in [0.2, 0.25) is 0 Å². The number of nitrogens with one attached hydrogen (secondary N) is 1. The summed E-state index contributed by atoms with van der Waals surface area (Å²) in [4.78, 5) is 12.4. The molecule has 1 fully saturated rings. The van der Waals surface area contributed by atoms with Crippen molar-refractivity contribution < 1.29 is 9.18 Å². The van der Waals surface area contributed by atoms with E-state index < -0.39 is 11.7 Å². The lowest BCUT2D eigenvalue weighted by molar-refractivity contribution is 0.0940. The molecule has 1 aliphatic rings. The van der Waals surface area contributed by atoms with Crippen LogP contribution in [0.2, 0.25) is 5.02 Å². The zero-order chi connectivity index (χ0) is 13.8. The van der Waals surface area contributed by atoms with E-state index in [0.717, 1.165) is 12.8 Å². The number of carbonyl (C=O) groups excluding carboxylic acids is 1. The predicted octanol–water partition coefficient (Wildman–Crippen LogP) is 4.16. The Bertz CT molecular complexity index is 469. The first-order valence-corrected chi connectivity index (χ1v) is 7.74. The van der Waals surface area contributed by atoms with Crippen LogP contribution in [0.4, 0.5) is 4.39 Å². The van der Waals surface area contributed by atoms with Crippen LogP contribution in [0.1, 0.15) is 36.0 Å². The van der Waals surface area contributed by atoms with E-state index in [4.69, 9.17) is 11.6 Å². The Morgan fingerprint density at radius 3 is 2.89 bits per heavy atom. The van der Waals surface area contributed by atoms with E-state index in [1.54, 1.807) is 0 Å². The molecule has 1 saturated carbocycles. The molecule has 2 nitrogen and oxygen atoms in total. The van der Waals surface area contributed by atoms with Gasteiger partial charge in [-0.25, -0.2) is 4.39 Å². The highest BCUT2D eigenvalue weighted by Gasteiger charge is 2.23. The van der Waals surface area contributed by atoms with E-state index in [-0.39, 0.29) is 5.56 Å².